The molecule has 1 atom stereocenters. The van der Waals surface area contributed by atoms with Gasteiger partial charge < -0.3 is 19.7 Å². The van der Waals surface area contributed by atoms with Crippen LogP contribution in [0.5, 0.6) is 0 Å². The monoisotopic (exact) mass is 396 g/mol. The van der Waals surface area contributed by atoms with Gasteiger partial charge in [0, 0.05) is 24.7 Å². The molecule has 2 heterocycles. The molecule has 0 radical (unpaired) electrons. The van der Waals surface area contributed by atoms with Crippen molar-refractivity contribution < 1.29 is 23.5 Å². The minimum absolute atomic E-state index is 0.0568. The lowest BCUT2D eigenvalue weighted by Crippen LogP contribution is -2.44. The Bertz CT molecular complexity index is 644. The van der Waals surface area contributed by atoms with Crippen LogP contribution in [-0.4, -0.2) is 60.3 Å². The number of likely N-dealkylation sites (tertiary alicyclic amines) is 1. The molecule has 1 N–H and O–H groups in total. The average molecular weight is 396 g/mol. The number of nitrogens with zero attached hydrogens (tertiary/aromatic N) is 1. The van der Waals surface area contributed by atoms with Gasteiger partial charge in [-0.3, -0.25) is 9.59 Å². The Labute approximate surface area is 162 Å². The van der Waals surface area contributed by atoms with Gasteiger partial charge in [-0.25, -0.2) is 4.39 Å². The lowest BCUT2D eigenvalue weighted by molar-refractivity contribution is -0.136. The molecule has 0 bridgehead atoms. The maximum atomic E-state index is 12.9. The van der Waals surface area contributed by atoms with Gasteiger partial charge in [-0.1, -0.05) is 0 Å². The summed E-state index contributed by atoms with van der Waals surface area (Å²) in [6, 6.07) is 5.60. The van der Waals surface area contributed by atoms with Gasteiger partial charge in [0.1, 0.15) is 5.82 Å². The molecular weight excluding hydrogens is 371 g/mol. The Morgan fingerprint density at radius 3 is 2.48 bits per heavy atom. The predicted molar refractivity (Wildman–Crippen MR) is 102 cm³/mol. The predicted octanol–water partition coefficient (Wildman–Crippen LogP) is 2.50. The van der Waals surface area contributed by atoms with E-state index in [-0.39, 0.29) is 34.9 Å². The van der Waals surface area contributed by atoms with Crippen LogP contribution in [0.1, 0.15) is 19.8 Å². The number of hydrogen-bond acceptors (Lipinski definition) is 5. The zero-order valence-electron chi connectivity index (χ0n) is 15.4. The van der Waals surface area contributed by atoms with E-state index in [1.165, 1.54) is 36.0 Å². The molecule has 2 aliphatic rings. The Morgan fingerprint density at radius 2 is 1.85 bits per heavy atom. The number of halogens is 1. The van der Waals surface area contributed by atoms with Crippen LogP contribution in [0.25, 0.3) is 0 Å². The minimum atomic E-state index is -0.351. The van der Waals surface area contributed by atoms with Gasteiger partial charge in [-0.05, 0) is 44.0 Å². The summed E-state index contributed by atoms with van der Waals surface area (Å²) in [7, 11) is 0. The van der Waals surface area contributed by atoms with E-state index in [0.29, 0.717) is 37.9 Å². The van der Waals surface area contributed by atoms with Crippen LogP contribution in [0.15, 0.2) is 24.3 Å². The second-order valence-corrected chi connectivity index (χ2v) is 8.11. The number of amides is 2. The number of thioether (sulfide) groups is 1. The first-order chi connectivity index (χ1) is 13.0. The van der Waals surface area contributed by atoms with Crippen LogP contribution in [0.2, 0.25) is 0 Å². The summed E-state index contributed by atoms with van der Waals surface area (Å²) in [4.78, 5) is 26.5. The van der Waals surface area contributed by atoms with Crippen LogP contribution in [-0.2, 0) is 19.1 Å². The van der Waals surface area contributed by atoms with Gasteiger partial charge in [0.25, 0.3) is 0 Å². The summed E-state index contributed by atoms with van der Waals surface area (Å²) in [5.41, 5.74) is 0.541. The molecule has 2 amide bonds. The van der Waals surface area contributed by atoms with E-state index < -0.39 is 0 Å². The van der Waals surface area contributed by atoms with E-state index in [1.54, 1.807) is 0 Å². The second-order valence-electron chi connectivity index (χ2n) is 6.78. The molecule has 0 aromatic heterocycles. The summed E-state index contributed by atoms with van der Waals surface area (Å²) < 4.78 is 24.0. The average Bonchev–Trinajstić information content (AvgIpc) is 3.22. The molecule has 0 saturated carbocycles. The van der Waals surface area contributed by atoms with E-state index in [4.69, 9.17) is 9.47 Å². The van der Waals surface area contributed by atoms with Gasteiger partial charge in [-0.2, -0.15) is 0 Å². The van der Waals surface area contributed by atoms with E-state index in [0.717, 1.165) is 12.8 Å². The third kappa shape index (κ3) is 5.67. The van der Waals surface area contributed by atoms with Crippen molar-refractivity contribution in [3.63, 3.8) is 0 Å². The zero-order valence-corrected chi connectivity index (χ0v) is 16.2. The van der Waals surface area contributed by atoms with Crippen LogP contribution >= 0.6 is 11.8 Å². The topological polar surface area (TPSA) is 67.9 Å². The van der Waals surface area contributed by atoms with Crippen molar-refractivity contribution in [3.05, 3.63) is 30.1 Å². The molecular formula is C19H25FN2O4S. The number of benzene rings is 1. The molecule has 3 rings (SSSR count). The molecule has 27 heavy (non-hydrogen) atoms. The van der Waals surface area contributed by atoms with Crippen LogP contribution in [0.4, 0.5) is 10.1 Å². The number of piperidine rings is 1. The highest BCUT2D eigenvalue weighted by atomic mass is 32.2. The minimum Gasteiger partial charge on any atom is -0.350 e. The molecule has 1 aromatic rings. The van der Waals surface area contributed by atoms with Crippen molar-refractivity contribution in [1.82, 2.24) is 4.90 Å². The molecule has 148 valence electrons. The fourth-order valence-corrected chi connectivity index (χ4v) is 4.07. The molecule has 2 fully saturated rings. The number of carbonyl (C=O) groups excluding carboxylic acids is 2. The van der Waals surface area contributed by atoms with E-state index in [2.05, 4.69) is 5.32 Å². The number of rotatable bonds is 6. The van der Waals surface area contributed by atoms with Crippen LogP contribution in [0.3, 0.4) is 0 Å². The lowest BCUT2D eigenvalue weighted by atomic mass is 9.96. The third-order valence-electron chi connectivity index (χ3n) is 4.82. The lowest BCUT2D eigenvalue weighted by Gasteiger charge is -2.35. The smallest absolute Gasteiger partial charge is 0.235 e. The SMILES string of the molecule is CC(SCC(=O)Nc1ccc(F)cc1)C(=O)N1CCC(C2OCCO2)CC1. The number of carbonyl (C=O) groups is 2. The van der Waals surface area contributed by atoms with Gasteiger partial charge in [0.15, 0.2) is 6.29 Å². The number of nitrogens with one attached hydrogen (secondary N) is 1. The van der Waals surface area contributed by atoms with E-state index in [9.17, 15) is 14.0 Å². The molecule has 0 spiro atoms. The van der Waals surface area contributed by atoms with Crippen LogP contribution < -0.4 is 5.32 Å². The molecule has 2 aliphatic heterocycles. The number of anilines is 1. The summed E-state index contributed by atoms with van der Waals surface area (Å²) in [5.74, 6) is 0.0176. The quantitative estimate of drug-likeness (QED) is 0.800. The zero-order chi connectivity index (χ0) is 19.2. The molecule has 8 heteroatoms. The maximum absolute atomic E-state index is 12.9. The van der Waals surface area contributed by atoms with E-state index >= 15 is 0 Å². The Hall–Kier alpha value is -1.64. The first-order valence-electron chi connectivity index (χ1n) is 9.22. The Kier molecular flexibility index (Phi) is 7.09. The number of hydrogen-bond donors (Lipinski definition) is 1. The van der Waals surface area contributed by atoms with Crippen molar-refractivity contribution >= 4 is 29.3 Å². The van der Waals surface area contributed by atoms with Crippen molar-refractivity contribution in [1.29, 1.82) is 0 Å². The Morgan fingerprint density at radius 1 is 1.22 bits per heavy atom. The second kappa shape index (κ2) is 9.52. The normalized spacial score (nSPS) is 19.9. The Balaban J connectivity index is 1.38. The fourth-order valence-electron chi connectivity index (χ4n) is 3.30. The van der Waals surface area contributed by atoms with Crippen molar-refractivity contribution in [3.8, 4) is 0 Å². The highest BCUT2D eigenvalue weighted by Gasteiger charge is 2.33. The standard InChI is InChI=1S/C19H25FN2O4S/c1-13(27-12-17(23)21-16-4-2-15(20)3-5-16)18(24)22-8-6-14(7-9-22)19-25-10-11-26-19/h2-5,13-14,19H,6-12H2,1H3,(H,21,23). The molecule has 0 aliphatic carbocycles. The van der Waals surface area contributed by atoms with Crippen molar-refractivity contribution in [2.24, 2.45) is 5.92 Å². The summed E-state index contributed by atoms with van der Waals surface area (Å²) in [6.45, 7) is 4.52. The van der Waals surface area contributed by atoms with Gasteiger partial charge in [-0.15, -0.1) is 11.8 Å². The van der Waals surface area contributed by atoms with Crippen molar-refractivity contribution in [2.75, 3.05) is 37.4 Å². The molecule has 2 saturated heterocycles. The van der Waals surface area contributed by atoms with Crippen molar-refractivity contribution in [2.45, 2.75) is 31.3 Å². The first kappa shape index (κ1) is 20.1. The molecule has 1 aromatic carbocycles. The third-order valence-corrected chi connectivity index (χ3v) is 5.95. The van der Waals surface area contributed by atoms with Crippen LogP contribution in [0, 0.1) is 11.7 Å². The fraction of sp³-hybridized carbons (Fsp3) is 0.579. The summed E-state index contributed by atoms with van der Waals surface area (Å²) in [5, 5.41) is 2.41. The van der Waals surface area contributed by atoms with E-state index in [1.807, 2.05) is 11.8 Å². The van der Waals surface area contributed by atoms with Gasteiger partial charge in [0.2, 0.25) is 11.8 Å². The largest absolute Gasteiger partial charge is 0.350 e. The van der Waals surface area contributed by atoms with Gasteiger partial charge >= 0.3 is 0 Å². The molecule has 6 nitrogen and oxygen atoms in total. The highest BCUT2D eigenvalue weighted by Crippen LogP contribution is 2.27. The maximum Gasteiger partial charge on any atom is 0.235 e. The summed E-state index contributed by atoms with van der Waals surface area (Å²) >= 11 is 1.31. The summed E-state index contributed by atoms with van der Waals surface area (Å²) in [6.07, 6.45) is 1.63. The highest BCUT2D eigenvalue weighted by molar-refractivity contribution is 8.01. The number of ether oxygens (including phenoxy) is 2. The van der Waals surface area contributed by atoms with Gasteiger partial charge in [0.05, 0.1) is 24.2 Å². The molecule has 1 unspecified atom stereocenters. The first-order valence-corrected chi connectivity index (χ1v) is 10.3.